The predicted molar refractivity (Wildman–Crippen MR) is 99.1 cm³/mol. The van der Waals surface area contributed by atoms with Crippen molar-refractivity contribution in [2.24, 2.45) is 0 Å². The average Bonchev–Trinajstić information content (AvgIpc) is 3.28. The number of benzene rings is 2. The first-order chi connectivity index (χ1) is 13.1. The highest BCUT2D eigenvalue weighted by atomic mass is 32.1. The maximum Gasteiger partial charge on any atom is 0.235 e. The third kappa shape index (κ3) is 2.95. The van der Waals surface area contributed by atoms with Crippen molar-refractivity contribution >= 4 is 16.3 Å². The van der Waals surface area contributed by atoms with Crippen molar-refractivity contribution in [3.05, 3.63) is 42.2 Å². The lowest BCUT2D eigenvalue weighted by atomic mass is 10.2. The molecular formula is C18H15FN4O3S. The van der Waals surface area contributed by atoms with Crippen LogP contribution in [-0.2, 0) is 0 Å². The van der Waals surface area contributed by atoms with Crippen LogP contribution in [0.4, 0.5) is 4.39 Å². The lowest BCUT2D eigenvalue weighted by Crippen LogP contribution is -1.96. The van der Waals surface area contributed by atoms with Crippen LogP contribution in [0.5, 0.6) is 17.2 Å². The Hall–Kier alpha value is -3.20. The Morgan fingerprint density at radius 1 is 0.889 bits per heavy atom. The Labute approximate surface area is 158 Å². The Balaban J connectivity index is 1.82. The molecule has 0 radical (unpaired) electrons. The smallest absolute Gasteiger partial charge is 0.235 e. The van der Waals surface area contributed by atoms with Crippen molar-refractivity contribution < 1.29 is 18.6 Å². The predicted octanol–water partition coefficient (Wildman–Crippen LogP) is 3.68. The van der Waals surface area contributed by atoms with Crippen LogP contribution in [0, 0.1) is 5.82 Å². The first-order valence-electron chi connectivity index (χ1n) is 7.93. The van der Waals surface area contributed by atoms with E-state index in [1.807, 2.05) is 12.1 Å². The molecule has 0 bridgehead atoms. The second-order valence-electron chi connectivity index (χ2n) is 5.55. The minimum Gasteiger partial charge on any atom is -0.493 e. The van der Waals surface area contributed by atoms with E-state index < -0.39 is 0 Å². The summed E-state index contributed by atoms with van der Waals surface area (Å²) in [5.41, 5.74) is 1.52. The number of methoxy groups -OCH3 is 3. The highest BCUT2D eigenvalue weighted by Crippen LogP contribution is 2.42. The quantitative estimate of drug-likeness (QED) is 0.521. The number of ether oxygens (including phenoxy) is 3. The molecule has 0 aliphatic carbocycles. The molecule has 0 amide bonds. The van der Waals surface area contributed by atoms with Crippen molar-refractivity contribution in [3.8, 4) is 39.2 Å². The lowest BCUT2D eigenvalue weighted by molar-refractivity contribution is 0.324. The van der Waals surface area contributed by atoms with Crippen molar-refractivity contribution in [2.75, 3.05) is 21.3 Å². The Bertz CT molecular complexity index is 1080. The molecule has 0 atom stereocenters. The van der Waals surface area contributed by atoms with Gasteiger partial charge in [-0.1, -0.05) is 11.3 Å². The maximum atomic E-state index is 13.2. The minimum atomic E-state index is -0.309. The number of hydrogen-bond donors (Lipinski definition) is 0. The van der Waals surface area contributed by atoms with E-state index in [2.05, 4.69) is 15.3 Å². The highest BCUT2D eigenvalue weighted by molar-refractivity contribution is 7.19. The molecule has 2 aromatic carbocycles. The normalized spacial score (nSPS) is 11.0. The summed E-state index contributed by atoms with van der Waals surface area (Å²) in [4.78, 5) is 0.623. The SMILES string of the molecule is COc1cc(-c2nn3c(-c4ccc(F)cc4)nnc3s2)cc(OC)c1OC. The standard InChI is InChI=1S/C18H15FN4O3S/c1-24-13-8-11(9-14(25-2)15(13)26-3)17-22-23-16(20-21-18(23)27-17)10-4-6-12(19)7-5-10/h4-9H,1-3H3. The summed E-state index contributed by atoms with van der Waals surface area (Å²) in [6, 6.07) is 9.69. The van der Waals surface area contributed by atoms with E-state index in [9.17, 15) is 4.39 Å². The first kappa shape index (κ1) is 17.2. The number of halogens is 1. The molecule has 9 heteroatoms. The zero-order chi connectivity index (χ0) is 19.0. The Morgan fingerprint density at radius 3 is 2.15 bits per heavy atom. The summed E-state index contributed by atoms with van der Waals surface area (Å²) in [6.07, 6.45) is 0. The fraction of sp³-hybridized carbons (Fsp3) is 0.167. The van der Waals surface area contributed by atoms with E-state index in [0.717, 1.165) is 11.1 Å². The molecule has 4 aromatic rings. The summed E-state index contributed by atoms with van der Waals surface area (Å²) in [5, 5.41) is 13.6. The van der Waals surface area contributed by atoms with Gasteiger partial charge >= 0.3 is 0 Å². The van der Waals surface area contributed by atoms with Crippen LogP contribution in [0.25, 0.3) is 26.9 Å². The van der Waals surface area contributed by atoms with Gasteiger partial charge in [-0.15, -0.1) is 10.2 Å². The molecule has 138 valence electrons. The van der Waals surface area contributed by atoms with E-state index in [1.54, 1.807) is 38.0 Å². The molecule has 0 saturated heterocycles. The van der Waals surface area contributed by atoms with Crippen molar-refractivity contribution in [1.29, 1.82) is 0 Å². The monoisotopic (exact) mass is 386 g/mol. The van der Waals surface area contributed by atoms with Crippen LogP contribution >= 0.6 is 11.3 Å². The van der Waals surface area contributed by atoms with Gasteiger partial charge in [-0.25, -0.2) is 4.39 Å². The Kier molecular flexibility index (Phi) is 4.36. The van der Waals surface area contributed by atoms with E-state index >= 15 is 0 Å². The number of rotatable bonds is 5. The maximum absolute atomic E-state index is 13.2. The van der Waals surface area contributed by atoms with Gasteiger partial charge in [-0.05, 0) is 36.4 Å². The molecule has 0 N–H and O–H groups in total. The molecule has 0 fully saturated rings. The molecule has 0 aliphatic heterocycles. The highest BCUT2D eigenvalue weighted by Gasteiger charge is 2.19. The van der Waals surface area contributed by atoms with Gasteiger partial charge < -0.3 is 14.2 Å². The zero-order valence-electron chi connectivity index (χ0n) is 14.8. The van der Waals surface area contributed by atoms with E-state index in [-0.39, 0.29) is 5.82 Å². The van der Waals surface area contributed by atoms with Crippen LogP contribution in [0.15, 0.2) is 36.4 Å². The first-order valence-corrected chi connectivity index (χ1v) is 8.74. The number of fused-ring (bicyclic) bond motifs is 1. The number of hydrogen-bond acceptors (Lipinski definition) is 7. The van der Waals surface area contributed by atoms with E-state index in [4.69, 9.17) is 14.2 Å². The molecule has 2 heterocycles. The topological polar surface area (TPSA) is 70.8 Å². The fourth-order valence-corrected chi connectivity index (χ4v) is 3.54. The van der Waals surface area contributed by atoms with Crippen LogP contribution < -0.4 is 14.2 Å². The number of aromatic nitrogens is 4. The van der Waals surface area contributed by atoms with Crippen molar-refractivity contribution in [3.63, 3.8) is 0 Å². The molecule has 7 nitrogen and oxygen atoms in total. The summed E-state index contributed by atoms with van der Waals surface area (Å²) in [7, 11) is 4.68. The van der Waals surface area contributed by atoms with Crippen molar-refractivity contribution in [1.82, 2.24) is 19.8 Å². The lowest BCUT2D eigenvalue weighted by Gasteiger charge is -2.13. The Morgan fingerprint density at radius 2 is 1.56 bits per heavy atom. The molecule has 0 spiro atoms. The molecule has 27 heavy (non-hydrogen) atoms. The molecule has 2 aromatic heterocycles. The van der Waals surface area contributed by atoms with Crippen LogP contribution in [0.3, 0.4) is 0 Å². The van der Waals surface area contributed by atoms with Gasteiger partial charge in [0, 0.05) is 11.1 Å². The minimum absolute atomic E-state index is 0.309. The van der Waals surface area contributed by atoms with Crippen LogP contribution in [0.2, 0.25) is 0 Å². The van der Waals surface area contributed by atoms with E-state index in [1.165, 1.54) is 23.5 Å². The second kappa shape index (κ2) is 6.84. The molecule has 0 saturated carbocycles. The summed E-state index contributed by atoms with van der Waals surface area (Å²) >= 11 is 1.37. The average molecular weight is 386 g/mol. The van der Waals surface area contributed by atoms with Gasteiger partial charge in [0.15, 0.2) is 17.3 Å². The van der Waals surface area contributed by atoms with Crippen molar-refractivity contribution in [2.45, 2.75) is 0 Å². The zero-order valence-corrected chi connectivity index (χ0v) is 15.6. The van der Waals surface area contributed by atoms with Gasteiger partial charge in [0.05, 0.1) is 21.3 Å². The van der Waals surface area contributed by atoms with Gasteiger partial charge in [0.2, 0.25) is 10.7 Å². The van der Waals surface area contributed by atoms with Gasteiger partial charge in [0.25, 0.3) is 0 Å². The van der Waals surface area contributed by atoms with E-state index in [0.29, 0.717) is 33.0 Å². The van der Waals surface area contributed by atoms with Gasteiger partial charge in [-0.3, -0.25) is 0 Å². The van der Waals surface area contributed by atoms with Crippen LogP contribution in [-0.4, -0.2) is 41.1 Å². The summed E-state index contributed by atoms with van der Waals surface area (Å²) in [6.45, 7) is 0. The molecule has 0 unspecified atom stereocenters. The van der Waals surface area contributed by atoms with Gasteiger partial charge in [0.1, 0.15) is 10.8 Å². The number of nitrogens with zero attached hydrogens (tertiary/aromatic N) is 4. The fourth-order valence-electron chi connectivity index (χ4n) is 2.72. The third-order valence-electron chi connectivity index (χ3n) is 4.00. The largest absolute Gasteiger partial charge is 0.493 e. The summed E-state index contributed by atoms with van der Waals surface area (Å²) in [5.74, 6) is 1.82. The van der Waals surface area contributed by atoms with Crippen LogP contribution in [0.1, 0.15) is 0 Å². The second-order valence-corrected chi connectivity index (χ2v) is 6.50. The third-order valence-corrected chi connectivity index (χ3v) is 4.95. The molecular weight excluding hydrogens is 371 g/mol. The summed E-state index contributed by atoms with van der Waals surface area (Å²) < 4.78 is 31.0. The molecule has 4 rings (SSSR count). The molecule has 0 aliphatic rings. The van der Waals surface area contributed by atoms with Gasteiger partial charge in [-0.2, -0.15) is 9.61 Å².